The van der Waals surface area contributed by atoms with Gasteiger partial charge in [-0.05, 0) is 50.5 Å². The number of fused-ring (bicyclic) bond motifs is 1. The number of hydrogen-bond acceptors (Lipinski definition) is 5. The molecule has 0 bridgehead atoms. The Morgan fingerprint density at radius 2 is 2.04 bits per heavy atom. The molecule has 8 heteroatoms. The van der Waals surface area contributed by atoms with Crippen LogP contribution in [-0.4, -0.2) is 43.2 Å². The van der Waals surface area contributed by atoms with Crippen molar-refractivity contribution in [2.45, 2.75) is 32.2 Å². The third-order valence-corrected chi connectivity index (χ3v) is 5.29. The molecule has 1 amide bonds. The minimum absolute atomic E-state index is 0.134. The summed E-state index contributed by atoms with van der Waals surface area (Å²) in [5, 5.41) is 13.2. The van der Waals surface area contributed by atoms with E-state index in [0.29, 0.717) is 9.97 Å². The van der Waals surface area contributed by atoms with Crippen molar-refractivity contribution in [3.8, 4) is 10.6 Å². The fourth-order valence-corrected chi connectivity index (χ4v) is 3.83. The topological polar surface area (TPSA) is 63.4 Å². The molecule has 6 nitrogen and oxygen atoms in total. The average Bonchev–Trinajstić information content (AvgIpc) is 3.16. The number of rotatable bonds is 2. The van der Waals surface area contributed by atoms with Crippen LogP contribution < -0.4 is 0 Å². The number of halogens is 1. The highest BCUT2D eigenvalue weighted by atomic mass is 32.1. The van der Waals surface area contributed by atoms with E-state index in [1.807, 2.05) is 4.90 Å². The number of hydrogen-bond donors (Lipinski definition) is 0. The van der Waals surface area contributed by atoms with E-state index in [1.165, 1.54) is 28.0 Å². The first-order valence-electron chi connectivity index (χ1n) is 7.92. The zero-order chi connectivity index (χ0) is 16.7. The Kier molecular flexibility index (Phi) is 3.76. The molecule has 1 aliphatic rings. The summed E-state index contributed by atoms with van der Waals surface area (Å²) in [5.74, 6) is -0.189. The van der Waals surface area contributed by atoms with Gasteiger partial charge < -0.3 is 4.90 Å². The molecule has 0 unspecified atom stereocenters. The maximum absolute atomic E-state index is 13.1. The zero-order valence-corrected chi connectivity index (χ0v) is 14.0. The normalized spacial score (nSPS) is 18.2. The lowest BCUT2D eigenvalue weighted by atomic mass is 10.0. The summed E-state index contributed by atoms with van der Waals surface area (Å²) in [6.45, 7) is 2.80. The zero-order valence-electron chi connectivity index (χ0n) is 13.1. The summed E-state index contributed by atoms with van der Waals surface area (Å²) >= 11 is 1.33. The van der Waals surface area contributed by atoms with Crippen LogP contribution in [0.4, 0.5) is 4.39 Å². The van der Waals surface area contributed by atoms with E-state index in [2.05, 4.69) is 22.2 Å². The highest BCUT2D eigenvalue weighted by Gasteiger charge is 2.28. The summed E-state index contributed by atoms with van der Waals surface area (Å²) in [4.78, 5) is 15.2. The Bertz CT molecular complexity index is 888. The number of likely N-dealkylation sites (tertiary alicyclic amines) is 1. The smallest absolute Gasteiger partial charge is 0.293 e. The fourth-order valence-electron chi connectivity index (χ4n) is 2.99. The highest BCUT2D eigenvalue weighted by Crippen LogP contribution is 2.26. The van der Waals surface area contributed by atoms with Gasteiger partial charge in [0.25, 0.3) is 5.91 Å². The van der Waals surface area contributed by atoms with Crippen molar-refractivity contribution < 1.29 is 9.18 Å². The molecule has 4 rings (SSSR count). The van der Waals surface area contributed by atoms with E-state index >= 15 is 0 Å². The van der Waals surface area contributed by atoms with Crippen molar-refractivity contribution in [3.63, 3.8) is 0 Å². The Morgan fingerprint density at radius 1 is 1.25 bits per heavy atom. The number of nitrogens with zero attached hydrogens (tertiary/aromatic N) is 5. The van der Waals surface area contributed by atoms with Crippen LogP contribution in [0.25, 0.3) is 15.5 Å². The molecule has 1 aliphatic heterocycles. The molecule has 3 heterocycles. The van der Waals surface area contributed by atoms with Crippen LogP contribution in [0.1, 0.15) is 36.8 Å². The molecule has 3 aromatic rings. The van der Waals surface area contributed by atoms with Gasteiger partial charge in [0.1, 0.15) is 10.8 Å². The molecule has 2 aromatic heterocycles. The third-order valence-electron chi connectivity index (χ3n) is 4.34. The van der Waals surface area contributed by atoms with Crippen LogP contribution in [0.2, 0.25) is 0 Å². The lowest BCUT2D eigenvalue weighted by molar-refractivity contribution is 0.0620. The van der Waals surface area contributed by atoms with Crippen LogP contribution in [0.15, 0.2) is 24.3 Å². The average molecular weight is 345 g/mol. The maximum atomic E-state index is 13.1. The van der Waals surface area contributed by atoms with Crippen molar-refractivity contribution in [3.05, 3.63) is 35.9 Å². The van der Waals surface area contributed by atoms with Crippen molar-refractivity contribution in [1.82, 2.24) is 24.7 Å². The van der Waals surface area contributed by atoms with Gasteiger partial charge in [0.15, 0.2) is 0 Å². The molecule has 0 aliphatic carbocycles. The Balaban J connectivity index is 1.69. The second-order valence-corrected chi connectivity index (χ2v) is 6.93. The number of carbonyl (C=O) groups excluding carboxylic acids is 1. The highest BCUT2D eigenvalue weighted by molar-refractivity contribution is 7.19. The van der Waals surface area contributed by atoms with E-state index in [4.69, 9.17) is 0 Å². The molecule has 1 aromatic carbocycles. The Morgan fingerprint density at radius 3 is 2.79 bits per heavy atom. The van der Waals surface area contributed by atoms with Crippen LogP contribution in [-0.2, 0) is 0 Å². The number of amides is 1. The predicted molar refractivity (Wildman–Crippen MR) is 88.4 cm³/mol. The summed E-state index contributed by atoms with van der Waals surface area (Å²) < 4.78 is 14.6. The fraction of sp³-hybridized carbons (Fsp3) is 0.375. The van der Waals surface area contributed by atoms with Gasteiger partial charge in [-0.3, -0.25) is 4.79 Å². The van der Waals surface area contributed by atoms with E-state index in [9.17, 15) is 9.18 Å². The maximum Gasteiger partial charge on any atom is 0.293 e. The quantitative estimate of drug-likeness (QED) is 0.716. The number of aromatic nitrogens is 4. The second kappa shape index (κ2) is 5.94. The summed E-state index contributed by atoms with van der Waals surface area (Å²) in [7, 11) is 0. The summed E-state index contributed by atoms with van der Waals surface area (Å²) in [6.07, 6.45) is 3.16. The van der Waals surface area contributed by atoms with Crippen LogP contribution >= 0.6 is 11.3 Å². The lowest BCUT2D eigenvalue weighted by Crippen LogP contribution is -2.42. The second-order valence-electron chi connectivity index (χ2n) is 5.98. The van der Waals surface area contributed by atoms with Gasteiger partial charge in [-0.25, -0.2) is 4.39 Å². The van der Waals surface area contributed by atoms with E-state index in [-0.39, 0.29) is 23.6 Å². The van der Waals surface area contributed by atoms with Crippen molar-refractivity contribution in [1.29, 1.82) is 0 Å². The van der Waals surface area contributed by atoms with Gasteiger partial charge in [-0.2, -0.15) is 9.61 Å². The third kappa shape index (κ3) is 2.56. The Labute approximate surface area is 141 Å². The molecule has 0 saturated carbocycles. The molecule has 0 spiro atoms. The van der Waals surface area contributed by atoms with E-state index in [0.717, 1.165) is 31.4 Å². The molecule has 1 atom stereocenters. The van der Waals surface area contributed by atoms with Crippen LogP contribution in [0.5, 0.6) is 0 Å². The first-order chi connectivity index (χ1) is 11.6. The first-order valence-corrected chi connectivity index (χ1v) is 8.74. The molecule has 24 heavy (non-hydrogen) atoms. The minimum atomic E-state index is -0.295. The molecule has 0 radical (unpaired) electrons. The SMILES string of the molecule is C[C@H]1CCCCN1C(=O)c1nnc2sc(-c3ccc(F)cc3)nn12. The molecule has 124 valence electrons. The van der Waals surface area contributed by atoms with E-state index < -0.39 is 0 Å². The largest absolute Gasteiger partial charge is 0.333 e. The van der Waals surface area contributed by atoms with Gasteiger partial charge >= 0.3 is 0 Å². The van der Waals surface area contributed by atoms with Gasteiger partial charge in [0.2, 0.25) is 10.8 Å². The number of benzene rings is 1. The summed E-state index contributed by atoms with van der Waals surface area (Å²) in [6, 6.07) is 6.30. The molecule has 0 N–H and O–H groups in total. The Hall–Kier alpha value is -2.35. The monoisotopic (exact) mass is 345 g/mol. The summed E-state index contributed by atoms with van der Waals surface area (Å²) in [5.41, 5.74) is 0.789. The van der Waals surface area contributed by atoms with Gasteiger partial charge in [0.05, 0.1) is 0 Å². The standard InChI is InChI=1S/C16H16FN5OS/c1-10-4-2-3-9-21(10)15(23)13-18-19-16-22(13)20-14(24-16)11-5-7-12(17)8-6-11/h5-8,10H,2-4,9H2,1H3/t10-/m0/s1. The van der Waals surface area contributed by atoms with Gasteiger partial charge in [-0.15, -0.1) is 10.2 Å². The molecule has 1 saturated heterocycles. The van der Waals surface area contributed by atoms with Gasteiger partial charge in [0, 0.05) is 18.2 Å². The minimum Gasteiger partial charge on any atom is -0.333 e. The van der Waals surface area contributed by atoms with Crippen molar-refractivity contribution in [2.75, 3.05) is 6.54 Å². The molecule has 1 fully saturated rings. The van der Waals surface area contributed by atoms with Gasteiger partial charge in [-0.1, -0.05) is 11.3 Å². The first kappa shape index (κ1) is 15.2. The number of piperidine rings is 1. The number of carbonyl (C=O) groups is 1. The van der Waals surface area contributed by atoms with E-state index in [1.54, 1.807) is 12.1 Å². The molecular formula is C16H16FN5OS. The van der Waals surface area contributed by atoms with Crippen molar-refractivity contribution in [2.24, 2.45) is 0 Å². The van der Waals surface area contributed by atoms with Crippen molar-refractivity contribution >= 4 is 22.2 Å². The van der Waals surface area contributed by atoms with Crippen LogP contribution in [0.3, 0.4) is 0 Å². The molecular weight excluding hydrogens is 329 g/mol. The predicted octanol–water partition coefficient (Wildman–Crippen LogP) is 3.01. The lowest BCUT2D eigenvalue weighted by Gasteiger charge is -2.32. The van der Waals surface area contributed by atoms with Crippen LogP contribution in [0, 0.1) is 5.82 Å².